The molecule has 0 unspecified atom stereocenters. The van der Waals surface area contributed by atoms with Crippen LogP contribution >= 0.6 is 0 Å². The van der Waals surface area contributed by atoms with E-state index < -0.39 is 4.92 Å². The van der Waals surface area contributed by atoms with Crippen LogP contribution in [0.15, 0.2) is 18.2 Å². The molecule has 1 saturated heterocycles. The van der Waals surface area contributed by atoms with E-state index in [9.17, 15) is 10.1 Å². The van der Waals surface area contributed by atoms with Gasteiger partial charge in [-0.2, -0.15) is 0 Å². The lowest BCUT2D eigenvalue weighted by molar-refractivity contribution is -0.384. The number of nitrogen functional groups attached to an aromatic ring is 1. The summed E-state index contributed by atoms with van der Waals surface area (Å²) in [5.41, 5.74) is 7.25. The normalized spacial score (nSPS) is 17.2. The third kappa shape index (κ3) is 3.19. The van der Waals surface area contributed by atoms with Crippen LogP contribution in [0.3, 0.4) is 0 Å². The molecule has 1 aromatic rings. The van der Waals surface area contributed by atoms with Crippen molar-refractivity contribution in [2.45, 2.75) is 26.3 Å². The lowest BCUT2D eigenvalue weighted by atomic mass is 10.0. The van der Waals surface area contributed by atoms with Gasteiger partial charge in [-0.15, -0.1) is 0 Å². The molecular weight excluding hydrogens is 256 g/mol. The minimum absolute atomic E-state index is 0.0539. The maximum atomic E-state index is 10.9. The zero-order valence-electron chi connectivity index (χ0n) is 12.3. The number of anilines is 2. The topological polar surface area (TPSA) is 75.6 Å². The molecule has 2 N–H and O–H groups in total. The molecule has 20 heavy (non-hydrogen) atoms. The Labute approximate surface area is 119 Å². The monoisotopic (exact) mass is 278 g/mol. The Bertz CT molecular complexity index is 502. The lowest BCUT2D eigenvalue weighted by Crippen LogP contribution is -2.53. The van der Waals surface area contributed by atoms with E-state index in [1.807, 2.05) is 0 Å². The Kier molecular flexibility index (Phi) is 3.85. The highest BCUT2D eigenvalue weighted by atomic mass is 16.6. The fourth-order valence-corrected chi connectivity index (χ4v) is 2.54. The van der Waals surface area contributed by atoms with E-state index in [0.29, 0.717) is 5.69 Å². The Morgan fingerprint density at radius 1 is 1.15 bits per heavy atom. The Balaban J connectivity index is 2.13. The molecule has 6 nitrogen and oxygen atoms in total. The van der Waals surface area contributed by atoms with E-state index >= 15 is 0 Å². The number of hydrogen-bond acceptors (Lipinski definition) is 5. The van der Waals surface area contributed by atoms with Crippen LogP contribution in [0.2, 0.25) is 0 Å². The molecule has 0 amide bonds. The summed E-state index contributed by atoms with van der Waals surface area (Å²) in [6.07, 6.45) is 0. The number of nitrogens with two attached hydrogens (primary N) is 1. The summed E-state index contributed by atoms with van der Waals surface area (Å²) in [5, 5.41) is 10.9. The molecule has 1 heterocycles. The third-order valence-corrected chi connectivity index (χ3v) is 3.73. The predicted octanol–water partition coefficient (Wildman–Crippen LogP) is 2.10. The smallest absolute Gasteiger partial charge is 0.273 e. The SMILES string of the molecule is CC(C)(C)N1CCN(c2cc(N)cc([N+](=O)[O-])c2)CC1. The minimum atomic E-state index is -0.398. The van der Waals surface area contributed by atoms with Crippen molar-refractivity contribution < 1.29 is 4.92 Å². The first-order chi connectivity index (χ1) is 9.27. The van der Waals surface area contributed by atoms with E-state index in [0.717, 1.165) is 31.9 Å². The fourth-order valence-electron chi connectivity index (χ4n) is 2.54. The zero-order chi connectivity index (χ0) is 14.9. The van der Waals surface area contributed by atoms with Gasteiger partial charge in [0.05, 0.1) is 4.92 Å². The highest BCUT2D eigenvalue weighted by molar-refractivity contribution is 5.63. The summed E-state index contributed by atoms with van der Waals surface area (Å²) in [6.45, 7) is 10.2. The van der Waals surface area contributed by atoms with Crippen LogP contribution in [0.5, 0.6) is 0 Å². The number of non-ortho nitro benzene ring substituents is 1. The first-order valence-corrected chi connectivity index (χ1v) is 6.82. The molecule has 0 spiro atoms. The summed E-state index contributed by atoms with van der Waals surface area (Å²) in [4.78, 5) is 15.1. The molecule has 6 heteroatoms. The molecule has 0 aromatic heterocycles. The van der Waals surface area contributed by atoms with Gasteiger partial charge in [0.1, 0.15) is 0 Å². The van der Waals surface area contributed by atoms with Gasteiger partial charge in [-0.3, -0.25) is 15.0 Å². The minimum Gasteiger partial charge on any atom is -0.398 e. The standard InChI is InChI=1S/C14H22N4O2/c1-14(2,3)17-6-4-16(5-7-17)12-8-11(15)9-13(10-12)18(19)20/h8-10H,4-7,15H2,1-3H3. The van der Waals surface area contributed by atoms with Crippen LogP contribution in [0.25, 0.3) is 0 Å². The molecule has 2 rings (SSSR count). The van der Waals surface area contributed by atoms with Gasteiger partial charge in [-0.05, 0) is 26.8 Å². The van der Waals surface area contributed by atoms with Crippen molar-refractivity contribution in [2.75, 3.05) is 36.8 Å². The largest absolute Gasteiger partial charge is 0.398 e. The van der Waals surface area contributed by atoms with Gasteiger partial charge in [0.15, 0.2) is 0 Å². The van der Waals surface area contributed by atoms with Crippen molar-refractivity contribution in [1.82, 2.24) is 4.90 Å². The van der Waals surface area contributed by atoms with Crippen molar-refractivity contribution in [1.29, 1.82) is 0 Å². The molecule has 1 fully saturated rings. The van der Waals surface area contributed by atoms with E-state index in [2.05, 4.69) is 30.6 Å². The lowest BCUT2D eigenvalue weighted by Gasteiger charge is -2.43. The molecule has 1 aliphatic heterocycles. The average molecular weight is 278 g/mol. The van der Waals surface area contributed by atoms with Crippen molar-refractivity contribution in [3.63, 3.8) is 0 Å². The molecule has 0 saturated carbocycles. The van der Waals surface area contributed by atoms with E-state index in [1.54, 1.807) is 12.1 Å². The number of nitro groups is 1. The number of nitrogens with zero attached hydrogens (tertiary/aromatic N) is 3. The van der Waals surface area contributed by atoms with Gasteiger partial charge in [-0.1, -0.05) is 0 Å². The van der Waals surface area contributed by atoms with E-state index in [1.165, 1.54) is 6.07 Å². The summed E-state index contributed by atoms with van der Waals surface area (Å²) in [5.74, 6) is 0. The van der Waals surface area contributed by atoms with Crippen LogP contribution in [-0.2, 0) is 0 Å². The van der Waals surface area contributed by atoms with Gasteiger partial charge in [0.2, 0.25) is 0 Å². The van der Waals surface area contributed by atoms with E-state index in [4.69, 9.17) is 5.73 Å². The van der Waals surface area contributed by atoms with Crippen LogP contribution in [0, 0.1) is 10.1 Å². The van der Waals surface area contributed by atoms with Gasteiger partial charge in [0, 0.05) is 55.2 Å². The van der Waals surface area contributed by atoms with Crippen LogP contribution in [0.4, 0.5) is 17.1 Å². The van der Waals surface area contributed by atoms with Crippen LogP contribution in [0.1, 0.15) is 20.8 Å². The van der Waals surface area contributed by atoms with Crippen molar-refractivity contribution in [3.05, 3.63) is 28.3 Å². The second-order valence-electron chi connectivity index (χ2n) is 6.18. The number of piperazine rings is 1. The van der Waals surface area contributed by atoms with Gasteiger partial charge in [-0.25, -0.2) is 0 Å². The quantitative estimate of drug-likeness (QED) is 0.509. The number of nitro benzene ring substituents is 1. The van der Waals surface area contributed by atoms with Gasteiger partial charge < -0.3 is 10.6 Å². The summed E-state index contributed by atoms with van der Waals surface area (Å²) in [6, 6.07) is 4.80. The van der Waals surface area contributed by atoms with Gasteiger partial charge >= 0.3 is 0 Å². The summed E-state index contributed by atoms with van der Waals surface area (Å²) in [7, 11) is 0. The fraction of sp³-hybridized carbons (Fsp3) is 0.571. The molecule has 0 radical (unpaired) electrons. The molecular formula is C14H22N4O2. The maximum absolute atomic E-state index is 10.9. The van der Waals surface area contributed by atoms with Crippen molar-refractivity contribution >= 4 is 17.1 Å². The van der Waals surface area contributed by atoms with Crippen molar-refractivity contribution in [3.8, 4) is 0 Å². The number of hydrogen-bond donors (Lipinski definition) is 1. The molecule has 0 aliphatic carbocycles. The second kappa shape index (κ2) is 5.28. The number of benzene rings is 1. The molecule has 110 valence electrons. The van der Waals surface area contributed by atoms with E-state index in [-0.39, 0.29) is 11.2 Å². The predicted molar refractivity (Wildman–Crippen MR) is 81.0 cm³/mol. The highest BCUT2D eigenvalue weighted by Crippen LogP contribution is 2.27. The number of rotatable bonds is 2. The molecule has 0 bridgehead atoms. The first kappa shape index (κ1) is 14.6. The second-order valence-corrected chi connectivity index (χ2v) is 6.18. The Hall–Kier alpha value is -1.82. The summed E-state index contributed by atoms with van der Waals surface area (Å²) >= 11 is 0. The maximum Gasteiger partial charge on any atom is 0.273 e. The van der Waals surface area contributed by atoms with Gasteiger partial charge in [0.25, 0.3) is 5.69 Å². The average Bonchev–Trinajstić information content (AvgIpc) is 2.37. The first-order valence-electron chi connectivity index (χ1n) is 6.82. The Morgan fingerprint density at radius 3 is 2.25 bits per heavy atom. The zero-order valence-corrected chi connectivity index (χ0v) is 12.3. The van der Waals surface area contributed by atoms with Crippen molar-refractivity contribution in [2.24, 2.45) is 0 Å². The highest BCUT2D eigenvalue weighted by Gasteiger charge is 2.26. The third-order valence-electron chi connectivity index (χ3n) is 3.73. The molecule has 1 aromatic carbocycles. The summed E-state index contributed by atoms with van der Waals surface area (Å²) < 4.78 is 0. The molecule has 0 atom stereocenters. The van der Waals surface area contributed by atoms with Crippen LogP contribution < -0.4 is 10.6 Å². The van der Waals surface area contributed by atoms with Crippen LogP contribution in [-0.4, -0.2) is 41.5 Å². The molecule has 1 aliphatic rings. The Morgan fingerprint density at radius 2 is 1.75 bits per heavy atom.